The molecular formula is C14H24N4O. The van der Waals surface area contributed by atoms with Gasteiger partial charge in [0.1, 0.15) is 18.2 Å². The molecule has 1 aromatic heterocycles. The van der Waals surface area contributed by atoms with Crippen LogP contribution in [0.1, 0.15) is 32.0 Å². The Kier molecular flexibility index (Phi) is 4.96. The van der Waals surface area contributed by atoms with E-state index in [9.17, 15) is 0 Å². The van der Waals surface area contributed by atoms with Crippen LogP contribution >= 0.6 is 0 Å². The van der Waals surface area contributed by atoms with Crippen molar-refractivity contribution in [3.63, 3.8) is 0 Å². The number of nitrogens with zero attached hydrogens (tertiary/aromatic N) is 3. The summed E-state index contributed by atoms with van der Waals surface area (Å²) in [6, 6.07) is 2.02. The van der Waals surface area contributed by atoms with Crippen molar-refractivity contribution in [1.82, 2.24) is 9.97 Å². The number of anilines is 2. The summed E-state index contributed by atoms with van der Waals surface area (Å²) < 4.78 is 5.13. The fraction of sp³-hybridized carbons (Fsp3) is 0.714. The lowest BCUT2D eigenvalue weighted by molar-refractivity contribution is 0.178. The largest absolute Gasteiger partial charge is 0.377 e. The minimum absolute atomic E-state index is 0.453. The summed E-state index contributed by atoms with van der Waals surface area (Å²) in [6.07, 6.45) is 3.84. The molecule has 1 aromatic rings. The van der Waals surface area contributed by atoms with E-state index < -0.39 is 0 Å². The van der Waals surface area contributed by atoms with E-state index >= 15 is 0 Å². The number of hydrogen-bond acceptors (Lipinski definition) is 5. The van der Waals surface area contributed by atoms with Crippen LogP contribution in [0.3, 0.4) is 0 Å². The van der Waals surface area contributed by atoms with Crippen LogP contribution in [0.15, 0.2) is 6.07 Å². The van der Waals surface area contributed by atoms with Gasteiger partial charge in [-0.3, -0.25) is 0 Å². The smallest absolute Gasteiger partial charge is 0.158 e. The zero-order valence-corrected chi connectivity index (χ0v) is 12.1. The molecule has 0 saturated carbocycles. The van der Waals surface area contributed by atoms with Gasteiger partial charge in [-0.1, -0.05) is 13.3 Å². The third-order valence-electron chi connectivity index (χ3n) is 3.60. The molecule has 2 rings (SSSR count). The molecule has 0 aromatic carbocycles. The lowest BCUT2D eigenvalue weighted by atomic mass is 10.0. The average molecular weight is 264 g/mol. The molecule has 1 unspecified atom stereocenters. The van der Waals surface area contributed by atoms with Gasteiger partial charge in [0.15, 0.2) is 5.82 Å². The Morgan fingerprint density at radius 2 is 2.32 bits per heavy atom. The predicted molar refractivity (Wildman–Crippen MR) is 77.5 cm³/mol. The van der Waals surface area contributed by atoms with Crippen molar-refractivity contribution in [1.29, 1.82) is 0 Å². The first-order chi connectivity index (χ1) is 9.26. The average Bonchev–Trinajstić information content (AvgIpc) is 2.88. The van der Waals surface area contributed by atoms with Gasteiger partial charge in [-0.25, -0.2) is 9.97 Å². The topological polar surface area (TPSA) is 50.3 Å². The molecule has 1 aliphatic heterocycles. The highest BCUT2D eigenvalue weighted by atomic mass is 16.5. The molecule has 0 amide bonds. The third-order valence-corrected chi connectivity index (χ3v) is 3.60. The van der Waals surface area contributed by atoms with Crippen molar-refractivity contribution in [3.8, 4) is 0 Å². The quantitative estimate of drug-likeness (QED) is 0.854. The van der Waals surface area contributed by atoms with E-state index in [1.165, 1.54) is 19.3 Å². The van der Waals surface area contributed by atoms with E-state index in [2.05, 4.69) is 27.1 Å². The zero-order valence-electron chi connectivity index (χ0n) is 12.1. The van der Waals surface area contributed by atoms with Crippen LogP contribution in [0.4, 0.5) is 11.6 Å². The van der Waals surface area contributed by atoms with Crippen molar-refractivity contribution >= 4 is 11.6 Å². The second-order valence-corrected chi connectivity index (χ2v) is 5.10. The number of hydrogen-bond donors (Lipinski definition) is 1. The first kappa shape index (κ1) is 14.1. The number of aromatic nitrogens is 2. The van der Waals surface area contributed by atoms with Crippen LogP contribution < -0.4 is 10.2 Å². The third kappa shape index (κ3) is 3.56. The van der Waals surface area contributed by atoms with E-state index in [0.29, 0.717) is 6.61 Å². The van der Waals surface area contributed by atoms with Crippen molar-refractivity contribution in [2.24, 2.45) is 5.92 Å². The second kappa shape index (κ2) is 6.70. The molecule has 1 N–H and O–H groups in total. The number of nitrogens with one attached hydrogen (secondary N) is 1. The Morgan fingerprint density at radius 1 is 1.47 bits per heavy atom. The maximum atomic E-state index is 5.13. The normalized spacial score (nSPS) is 18.9. The molecular weight excluding hydrogens is 240 g/mol. The van der Waals surface area contributed by atoms with Crippen LogP contribution in [-0.2, 0) is 11.3 Å². The summed E-state index contributed by atoms with van der Waals surface area (Å²) in [7, 11) is 3.55. The van der Waals surface area contributed by atoms with Gasteiger partial charge in [-0.2, -0.15) is 0 Å². The van der Waals surface area contributed by atoms with E-state index in [0.717, 1.165) is 36.5 Å². The molecule has 5 nitrogen and oxygen atoms in total. The van der Waals surface area contributed by atoms with Crippen LogP contribution in [0.2, 0.25) is 0 Å². The summed E-state index contributed by atoms with van der Waals surface area (Å²) >= 11 is 0. The van der Waals surface area contributed by atoms with Gasteiger partial charge >= 0.3 is 0 Å². The molecule has 1 atom stereocenters. The van der Waals surface area contributed by atoms with Gasteiger partial charge in [0, 0.05) is 33.3 Å². The Morgan fingerprint density at radius 3 is 3.00 bits per heavy atom. The molecule has 1 fully saturated rings. The van der Waals surface area contributed by atoms with E-state index in [4.69, 9.17) is 4.74 Å². The minimum atomic E-state index is 0.453. The summed E-state index contributed by atoms with van der Waals surface area (Å²) in [4.78, 5) is 11.4. The lowest BCUT2D eigenvalue weighted by Crippen LogP contribution is -2.22. The summed E-state index contributed by atoms with van der Waals surface area (Å²) in [5.74, 6) is 3.42. The van der Waals surface area contributed by atoms with Crippen molar-refractivity contribution in [2.45, 2.75) is 32.8 Å². The fourth-order valence-corrected chi connectivity index (χ4v) is 2.65. The first-order valence-electron chi connectivity index (χ1n) is 7.06. The second-order valence-electron chi connectivity index (χ2n) is 5.10. The molecule has 2 heterocycles. The van der Waals surface area contributed by atoms with E-state index in [1.54, 1.807) is 7.11 Å². The minimum Gasteiger partial charge on any atom is -0.377 e. The van der Waals surface area contributed by atoms with Gasteiger partial charge < -0.3 is 15.0 Å². The Bertz CT molecular complexity index is 410. The van der Waals surface area contributed by atoms with Crippen LogP contribution in [0, 0.1) is 5.92 Å². The molecule has 19 heavy (non-hydrogen) atoms. The van der Waals surface area contributed by atoms with Gasteiger partial charge in [0.05, 0.1) is 0 Å². The van der Waals surface area contributed by atoms with Crippen LogP contribution in [0.25, 0.3) is 0 Å². The monoisotopic (exact) mass is 264 g/mol. The lowest BCUT2D eigenvalue weighted by Gasteiger charge is -2.19. The maximum absolute atomic E-state index is 5.13. The molecule has 0 radical (unpaired) electrons. The number of ether oxygens (including phenoxy) is 1. The maximum Gasteiger partial charge on any atom is 0.158 e. The summed E-state index contributed by atoms with van der Waals surface area (Å²) in [5.41, 5.74) is 0. The molecule has 1 aliphatic rings. The van der Waals surface area contributed by atoms with Gasteiger partial charge in [-0.05, 0) is 18.8 Å². The van der Waals surface area contributed by atoms with E-state index in [-0.39, 0.29) is 0 Å². The fourth-order valence-electron chi connectivity index (χ4n) is 2.65. The molecule has 106 valence electrons. The highest BCUT2D eigenvalue weighted by molar-refractivity contribution is 5.49. The molecule has 5 heteroatoms. The molecule has 1 saturated heterocycles. The SMILES string of the molecule is CCCC1CCN(c2cc(NC)nc(COC)n2)C1. The van der Waals surface area contributed by atoms with Crippen molar-refractivity contribution in [3.05, 3.63) is 11.9 Å². The van der Waals surface area contributed by atoms with Crippen molar-refractivity contribution < 1.29 is 4.74 Å². The van der Waals surface area contributed by atoms with Gasteiger partial charge in [0.2, 0.25) is 0 Å². The summed E-state index contributed by atoms with van der Waals surface area (Å²) in [5, 5.41) is 3.09. The number of rotatable bonds is 6. The van der Waals surface area contributed by atoms with Crippen molar-refractivity contribution in [2.75, 3.05) is 37.5 Å². The van der Waals surface area contributed by atoms with E-state index in [1.807, 2.05) is 13.1 Å². The highest BCUT2D eigenvalue weighted by Crippen LogP contribution is 2.26. The van der Waals surface area contributed by atoms with Gasteiger partial charge in [-0.15, -0.1) is 0 Å². The van der Waals surface area contributed by atoms with Crippen LogP contribution in [0.5, 0.6) is 0 Å². The standard InChI is InChI=1S/C14H24N4O/c1-4-5-11-6-7-18(9-11)14-8-12(15-2)16-13(17-14)10-19-3/h8,11H,4-7,9-10H2,1-3H3,(H,15,16,17). The Balaban J connectivity index is 2.12. The Hall–Kier alpha value is -1.36. The van der Waals surface area contributed by atoms with Crippen LogP contribution in [-0.4, -0.2) is 37.2 Å². The number of methoxy groups -OCH3 is 1. The van der Waals surface area contributed by atoms with Gasteiger partial charge in [0.25, 0.3) is 0 Å². The zero-order chi connectivity index (χ0) is 13.7. The molecule has 0 spiro atoms. The highest BCUT2D eigenvalue weighted by Gasteiger charge is 2.23. The Labute approximate surface area is 115 Å². The first-order valence-corrected chi connectivity index (χ1v) is 7.06. The summed E-state index contributed by atoms with van der Waals surface area (Å²) in [6.45, 7) is 4.91. The molecule has 0 aliphatic carbocycles. The molecule has 0 bridgehead atoms. The predicted octanol–water partition coefficient (Wildman–Crippen LogP) is 2.29.